The van der Waals surface area contributed by atoms with E-state index in [0.29, 0.717) is 12.1 Å². The zero-order chi connectivity index (χ0) is 29.9. The highest BCUT2D eigenvalue weighted by atomic mass is 16.6. The van der Waals surface area contributed by atoms with Crippen molar-refractivity contribution in [1.29, 1.82) is 0 Å². The number of hydrogen-bond donors (Lipinski definition) is 3. The molecule has 2 aliphatic heterocycles. The highest BCUT2D eigenvalue weighted by molar-refractivity contribution is 5.85. The Morgan fingerprint density at radius 2 is 1.86 bits per heavy atom. The Labute approximate surface area is 242 Å². The summed E-state index contributed by atoms with van der Waals surface area (Å²) in [6.07, 6.45) is 6.43. The first-order valence-electron chi connectivity index (χ1n) is 13.9. The van der Waals surface area contributed by atoms with Crippen molar-refractivity contribution in [3.63, 3.8) is 0 Å². The van der Waals surface area contributed by atoms with Crippen molar-refractivity contribution in [2.24, 2.45) is 5.73 Å². The number of likely N-dealkylation sites (tertiary alicyclic amines) is 1. The lowest BCUT2D eigenvalue weighted by Gasteiger charge is -2.30. The van der Waals surface area contributed by atoms with Gasteiger partial charge in [-0.25, -0.2) is 19.4 Å². The number of carboxylic acid groups (broad SMARTS) is 1. The van der Waals surface area contributed by atoms with Crippen LogP contribution in [0.4, 0.5) is 14.4 Å². The first kappa shape index (κ1) is 27.3. The van der Waals surface area contributed by atoms with Crippen molar-refractivity contribution in [1.82, 2.24) is 29.5 Å². The van der Waals surface area contributed by atoms with E-state index in [0.717, 1.165) is 61.9 Å². The summed E-state index contributed by atoms with van der Waals surface area (Å²) in [5, 5.41) is 14.4. The fourth-order valence-corrected chi connectivity index (χ4v) is 6.11. The Kier molecular flexibility index (Phi) is 6.43. The van der Waals surface area contributed by atoms with Crippen molar-refractivity contribution in [3.8, 4) is 11.1 Å². The number of nitrogens with zero attached hydrogens (tertiary/aromatic N) is 5. The number of rotatable bonds is 3. The van der Waals surface area contributed by atoms with Gasteiger partial charge < -0.3 is 30.4 Å². The molecule has 218 valence electrons. The lowest BCUT2D eigenvalue weighted by molar-refractivity contribution is 0.0223. The molecule has 12 heteroatoms. The minimum Gasteiger partial charge on any atom is -0.463 e. The number of benzene rings is 1. The predicted octanol–water partition coefficient (Wildman–Crippen LogP) is 5.32. The van der Waals surface area contributed by atoms with E-state index in [9.17, 15) is 19.5 Å². The van der Waals surface area contributed by atoms with Gasteiger partial charge in [-0.2, -0.15) is 9.78 Å². The fourth-order valence-electron chi connectivity index (χ4n) is 6.11. The lowest BCUT2D eigenvalue weighted by atomic mass is 9.88. The van der Waals surface area contributed by atoms with E-state index in [4.69, 9.17) is 10.5 Å². The number of aromatic amines is 1. The second-order valence-corrected chi connectivity index (χ2v) is 11.9. The normalized spacial score (nSPS) is 18.5. The Bertz CT molecular complexity index is 1730. The van der Waals surface area contributed by atoms with Crippen molar-refractivity contribution in [3.05, 3.63) is 70.8 Å². The van der Waals surface area contributed by atoms with Gasteiger partial charge in [0.2, 0.25) is 0 Å². The van der Waals surface area contributed by atoms with Crippen LogP contribution in [0.2, 0.25) is 0 Å². The number of ether oxygens (including phenoxy) is 1. The van der Waals surface area contributed by atoms with Crippen LogP contribution >= 0.6 is 0 Å². The molecule has 1 aromatic carbocycles. The molecule has 0 unspecified atom stereocenters. The highest BCUT2D eigenvalue weighted by Crippen LogP contribution is 2.46. The Balaban J connectivity index is 1.54. The van der Waals surface area contributed by atoms with E-state index in [-0.39, 0.29) is 18.7 Å². The number of fused-ring (bicyclic) bond motifs is 2. The van der Waals surface area contributed by atoms with E-state index in [1.54, 1.807) is 11.1 Å². The number of nitrogens with one attached hydrogen (secondary N) is 1. The molecule has 2 aliphatic rings. The molecule has 2 atom stereocenters. The Morgan fingerprint density at radius 3 is 2.55 bits per heavy atom. The smallest absolute Gasteiger partial charge is 0.432 e. The van der Waals surface area contributed by atoms with Gasteiger partial charge in [-0.3, -0.25) is 0 Å². The Hall–Kier alpha value is -4.87. The van der Waals surface area contributed by atoms with Crippen LogP contribution < -0.4 is 5.73 Å². The van der Waals surface area contributed by atoms with Crippen LogP contribution in [0.15, 0.2) is 43.0 Å². The average Bonchev–Trinajstić information content (AvgIpc) is 3.71. The van der Waals surface area contributed by atoms with Crippen molar-refractivity contribution >= 4 is 29.3 Å². The lowest BCUT2D eigenvalue weighted by Crippen LogP contribution is -2.37. The monoisotopic (exact) mass is 571 g/mol. The Morgan fingerprint density at radius 1 is 1.10 bits per heavy atom. The van der Waals surface area contributed by atoms with Gasteiger partial charge in [0.25, 0.3) is 0 Å². The molecular weight excluding hydrogens is 538 g/mol. The molecule has 1 fully saturated rings. The second kappa shape index (κ2) is 9.89. The summed E-state index contributed by atoms with van der Waals surface area (Å²) in [7, 11) is 0. The van der Waals surface area contributed by atoms with Gasteiger partial charge >= 0.3 is 18.2 Å². The SMILES string of the molecule is Cc1c[nH]c2ncc(-c3cc4c(c([C@@H]5CCCN5C(=O)OC(C)(C)C)c3)CN(C(N)=O)[C@@H]4c3cnn(C(=O)O)c3)cc12. The van der Waals surface area contributed by atoms with Crippen molar-refractivity contribution in [2.75, 3.05) is 6.54 Å². The molecule has 0 aliphatic carbocycles. The molecule has 0 radical (unpaired) electrons. The van der Waals surface area contributed by atoms with E-state index in [2.05, 4.69) is 27.2 Å². The number of nitrogens with two attached hydrogens (primary N) is 1. The maximum atomic E-state index is 13.3. The molecule has 5 heterocycles. The number of H-pyrrole nitrogens is 1. The third-order valence-corrected chi connectivity index (χ3v) is 7.96. The summed E-state index contributed by atoms with van der Waals surface area (Å²) in [5.41, 5.74) is 11.9. The van der Waals surface area contributed by atoms with E-state index < -0.39 is 23.8 Å². The minimum atomic E-state index is -1.24. The number of urea groups is 1. The molecular formula is C30H33N7O5. The molecule has 12 nitrogen and oxygen atoms in total. The first-order valence-corrected chi connectivity index (χ1v) is 13.9. The summed E-state index contributed by atoms with van der Waals surface area (Å²) in [4.78, 5) is 48.8. The van der Waals surface area contributed by atoms with E-state index in [1.807, 2.05) is 40.0 Å². The number of carbonyl (C=O) groups excluding carboxylic acids is 2. The van der Waals surface area contributed by atoms with Gasteiger partial charge in [0, 0.05) is 48.2 Å². The van der Waals surface area contributed by atoms with Gasteiger partial charge in [-0.1, -0.05) is 0 Å². The van der Waals surface area contributed by atoms with Crippen LogP contribution in [0.25, 0.3) is 22.2 Å². The minimum absolute atomic E-state index is 0.204. The number of carbonyl (C=O) groups is 3. The van der Waals surface area contributed by atoms with Crippen LogP contribution in [0.5, 0.6) is 0 Å². The maximum Gasteiger partial charge on any atom is 0.432 e. The number of hydrogen-bond acceptors (Lipinski definition) is 6. The van der Waals surface area contributed by atoms with Gasteiger partial charge in [-0.15, -0.1) is 0 Å². The molecule has 0 spiro atoms. The fraction of sp³-hybridized carbons (Fsp3) is 0.367. The molecule has 42 heavy (non-hydrogen) atoms. The zero-order valence-electron chi connectivity index (χ0n) is 23.9. The standard InChI is InChI=1S/C30H33N7O5/c1-16-11-32-26-20(16)10-18(12-33-26)17-8-21(24-6-5-7-35(24)29(41)42-30(2,3)4)23-15-36(27(31)38)25(22(23)9-17)19-13-34-37(14-19)28(39)40/h8-14,24-25H,5-7,15H2,1-4H3,(H2,31,38)(H,32,33)(H,39,40)/t24-,25+/m0/s1. The predicted molar refractivity (Wildman–Crippen MR) is 154 cm³/mol. The summed E-state index contributed by atoms with van der Waals surface area (Å²) >= 11 is 0. The topological polar surface area (TPSA) is 160 Å². The summed E-state index contributed by atoms with van der Waals surface area (Å²) in [6, 6.07) is 4.55. The molecule has 6 rings (SSSR count). The number of aryl methyl sites for hydroxylation is 1. The largest absolute Gasteiger partial charge is 0.463 e. The van der Waals surface area contributed by atoms with E-state index >= 15 is 0 Å². The van der Waals surface area contributed by atoms with Crippen LogP contribution in [-0.4, -0.2) is 65.0 Å². The van der Waals surface area contributed by atoms with E-state index in [1.165, 1.54) is 17.3 Å². The average molecular weight is 572 g/mol. The molecule has 3 amide bonds. The molecule has 0 bridgehead atoms. The third-order valence-electron chi connectivity index (χ3n) is 7.96. The zero-order valence-corrected chi connectivity index (χ0v) is 23.9. The van der Waals surface area contributed by atoms with Crippen LogP contribution in [0.1, 0.15) is 73.5 Å². The second-order valence-electron chi connectivity index (χ2n) is 11.9. The van der Waals surface area contributed by atoms with Crippen LogP contribution in [-0.2, 0) is 11.3 Å². The molecule has 0 saturated carbocycles. The number of primary amides is 1. The maximum absolute atomic E-state index is 13.3. The summed E-state index contributed by atoms with van der Waals surface area (Å²) in [6.45, 7) is 8.28. The number of aromatic nitrogens is 4. The number of pyridine rings is 1. The van der Waals surface area contributed by atoms with Gasteiger partial charge in [0.05, 0.1) is 18.3 Å². The summed E-state index contributed by atoms with van der Waals surface area (Å²) < 4.78 is 6.57. The third kappa shape index (κ3) is 4.72. The molecule has 4 aromatic rings. The van der Waals surface area contributed by atoms with Crippen LogP contribution in [0.3, 0.4) is 0 Å². The molecule has 4 N–H and O–H groups in total. The van der Waals surface area contributed by atoms with Crippen molar-refractivity contribution in [2.45, 2.75) is 64.8 Å². The first-order chi connectivity index (χ1) is 19.9. The van der Waals surface area contributed by atoms with Gasteiger partial charge in [0.1, 0.15) is 11.2 Å². The summed E-state index contributed by atoms with van der Waals surface area (Å²) in [5.74, 6) is 0. The van der Waals surface area contributed by atoms with Gasteiger partial charge in [0.15, 0.2) is 0 Å². The quantitative estimate of drug-likeness (QED) is 0.300. The van der Waals surface area contributed by atoms with Gasteiger partial charge in [-0.05, 0) is 86.6 Å². The molecule has 3 aromatic heterocycles. The van der Waals surface area contributed by atoms with Crippen LogP contribution in [0, 0.1) is 6.92 Å². The highest BCUT2D eigenvalue weighted by Gasteiger charge is 2.41. The number of amides is 3. The van der Waals surface area contributed by atoms with Crippen molar-refractivity contribution < 1.29 is 24.2 Å². The molecule has 1 saturated heterocycles.